The number of aliphatic hydroxyl groups is 3. The minimum Gasteiger partial charge on any atom is -0.475 e. The molecule has 0 amide bonds. The predicted molar refractivity (Wildman–Crippen MR) is 77.6 cm³/mol. The van der Waals surface area contributed by atoms with Crippen molar-refractivity contribution in [3.05, 3.63) is 18.3 Å². The van der Waals surface area contributed by atoms with Gasteiger partial charge in [0, 0.05) is 5.75 Å². The molecule has 0 bridgehead atoms. The Morgan fingerprint density at radius 1 is 1.33 bits per heavy atom. The first-order valence-corrected chi connectivity index (χ1v) is 8.96. The van der Waals surface area contributed by atoms with E-state index in [2.05, 4.69) is 9.71 Å². The summed E-state index contributed by atoms with van der Waals surface area (Å²) < 4.78 is 29.8. The van der Waals surface area contributed by atoms with E-state index in [1.165, 1.54) is 30.1 Å². The number of ether oxygens (including phenoxy) is 1. The number of aliphatic hydroxyl groups excluding tert-OH is 3. The molecule has 21 heavy (non-hydrogen) atoms. The molecule has 4 atom stereocenters. The second kappa shape index (κ2) is 6.36. The van der Waals surface area contributed by atoms with Crippen molar-refractivity contribution in [3.63, 3.8) is 0 Å². The van der Waals surface area contributed by atoms with E-state index < -0.39 is 33.8 Å². The molecular formula is C11H16N2O6S2. The second-order valence-corrected chi connectivity index (χ2v) is 7.50. The number of hydrogen-bond donors (Lipinski definition) is 4. The van der Waals surface area contributed by atoms with Crippen molar-refractivity contribution in [2.75, 3.05) is 16.7 Å². The molecule has 2 rings (SSSR count). The van der Waals surface area contributed by atoms with Crippen LogP contribution in [-0.4, -0.2) is 64.5 Å². The lowest BCUT2D eigenvalue weighted by Crippen LogP contribution is -2.50. The van der Waals surface area contributed by atoms with Crippen LogP contribution in [0.5, 0.6) is 5.75 Å². The summed E-state index contributed by atoms with van der Waals surface area (Å²) in [5.41, 5.74) is -0.737. The Labute approximate surface area is 126 Å². The lowest BCUT2D eigenvalue weighted by Gasteiger charge is -2.34. The van der Waals surface area contributed by atoms with Gasteiger partial charge in [-0.15, -0.1) is 11.8 Å². The third-order valence-electron chi connectivity index (χ3n) is 2.73. The third kappa shape index (κ3) is 4.45. The van der Waals surface area contributed by atoms with E-state index in [4.69, 9.17) is 4.74 Å². The molecule has 8 nitrogen and oxygen atoms in total. The summed E-state index contributed by atoms with van der Waals surface area (Å²) in [5, 5.41) is 28.8. The van der Waals surface area contributed by atoms with Crippen LogP contribution in [-0.2, 0) is 10.0 Å². The molecule has 118 valence electrons. The van der Waals surface area contributed by atoms with Gasteiger partial charge in [-0.3, -0.25) is 4.72 Å². The monoisotopic (exact) mass is 336 g/mol. The fourth-order valence-electron chi connectivity index (χ4n) is 1.72. The lowest BCUT2D eigenvalue weighted by atomic mass is 10.1. The van der Waals surface area contributed by atoms with Gasteiger partial charge in [-0.2, -0.15) is 0 Å². The highest BCUT2D eigenvalue weighted by atomic mass is 32.2. The number of nitrogens with one attached hydrogen (secondary N) is 1. The standard InChI is InChI=1S/C11H16N2O6S2/c1-21(17,18)13-8-3-2-6(4-12-8)19-11-10(16)9(15)7(14)5-20-11/h2-4,7,9-11,14-16H,5H2,1H3,(H,12,13)/t7-,9+,10-,11-/m1/s1. The summed E-state index contributed by atoms with van der Waals surface area (Å²) in [6, 6.07) is 2.91. The van der Waals surface area contributed by atoms with Gasteiger partial charge in [0.15, 0.2) is 5.44 Å². The van der Waals surface area contributed by atoms with Gasteiger partial charge in [-0.25, -0.2) is 13.4 Å². The van der Waals surface area contributed by atoms with Gasteiger partial charge < -0.3 is 20.1 Å². The van der Waals surface area contributed by atoms with Gasteiger partial charge in [0.05, 0.1) is 18.6 Å². The maximum atomic E-state index is 11.0. The highest BCUT2D eigenvalue weighted by molar-refractivity contribution is 7.99. The van der Waals surface area contributed by atoms with Crippen molar-refractivity contribution in [1.29, 1.82) is 0 Å². The highest BCUT2D eigenvalue weighted by Gasteiger charge is 2.38. The molecule has 0 saturated carbocycles. The van der Waals surface area contributed by atoms with E-state index in [9.17, 15) is 23.7 Å². The van der Waals surface area contributed by atoms with Crippen molar-refractivity contribution in [3.8, 4) is 5.75 Å². The Morgan fingerprint density at radius 2 is 2.05 bits per heavy atom. The lowest BCUT2D eigenvalue weighted by molar-refractivity contribution is -0.0786. The smallest absolute Gasteiger partial charge is 0.230 e. The van der Waals surface area contributed by atoms with Crippen molar-refractivity contribution in [2.24, 2.45) is 0 Å². The first kappa shape index (κ1) is 16.3. The molecule has 0 radical (unpaired) electrons. The topological polar surface area (TPSA) is 129 Å². The Morgan fingerprint density at radius 3 is 2.62 bits per heavy atom. The van der Waals surface area contributed by atoms with E-state index in [1.54, 1.807) is 0 Å². The largest absolute Gasteiger partial charge is 0.475 e. The molecule has 0 unspecified atom stereocenters. The van der Waals surface area contributed by atoms with Gasteiger partial charge in [0.1, 0.15) is 23.8 Å². The van der Waals surface area contributed by atoms with Gasteiger partial charge in [-0.1, -0.05) is 0 Å². The van der Waals surface area contributed by atoms with Crippen molar-refractivity contribution < 1.29 is 28.5 Å². The van der Waals surface area contributed by atoms with Crippen LogP contribution >= 0.6 is 11.8 Å². The van der Waals surface area contributed by atoms with E-state index in [-0.39, 0.29) is 11.6 Å². The van der Waals surface area contributed by atoms with Crippen LogP contribution in [0.25, 0.3) is 0 Å². The third-order valence-corrected chi connectivity index (χ3v) is 4.55. The molecule has 10 heteroatoms. The summed E-state index contributed by atoms with van der Waals surface area (Å²) in [4.78, 5) is 3.87. The average Bonchev–Trinajstić information content (AvgIpc) is 2.40. The summed E-state index contributed by atoms with van der Waals surface area (Å²) in [6.07, 6.45) is -1.17. The normalized spacial score (nSPS) is 29.9. The van der Waals surface area contributed by atoms with Gasteiger partial charge in [0.25, 0.3) is 0 Å². The number of anilines is 1. The van der Waals surface area contributed by atoms with Crippen LogP contribution < -0.4 is 9.46 Å². The number of hydrogen-bond acceptors (Lipinski definition) is 8. The zero-order valence-corrected chi connectivity index (χ0v) is 12.7. The molecule has 0 spiro atoms. The fraction of sp³-hybridized carbons (Fsp3) is 0.545. The Bertz CT molecular complexity index is 579. The maximum Gasteiger partial charge on any atom is 0.230 e. The van der Waals surface area contributed by atoms with Gasteiger partial charge in [0.2, 0.25) is 10.0 Å². The van der Waals surface area contributed by atoms with Gasteiger partial charge in [-0.05, 0) is 12.1 Å². The van der Waals surface area contributed by atoms with Crippen LogP contribution in [0.1, 0.15) is 0 Å². The van der Waals surface area contributed by atoms with E-state index in [0.717, 1.165) is 6.26 Å². The Hall–Kier alpha value is -1.07. The summed E-state index contributed by atoms with van der Waals surface area (Å²) in [5.74, 6) is 0.704. The van der Waals surface area contributed by atoms with Crippen LogP contribution in [0.15, 0.2) is 18.3 Å². The average molecular weight is 336 g/mol. The molecule has 1 fully saturated rings. The molecule has 0 aliphatic carbocycles. The van der Waals surface area contributed by atoms with E-state index >= 15 is 0 Å². The maximum absolute atomic E-state index is 11.0. The number of thioether (sulfide) groups is 1. The van der Waals surface area contributed by atoms with Crippen molar-refractivity contribution in [2.45, 2.75) is 23.7 Å². The number of sulfonamides is 1. The van der Waals surface area contributed by atoms with Crippen molar-refractivity contribution >= 4 is 27.6 Å². The molecule has 4 N–H and O–H groups in total. The molecular weight excluding hydrogens is 320 g/mol. The van der Waals surface area contributed by atoms with E-state index in [1.807, 2.05) is 0 Å². The SMILES string of the molecule is CS(=O)(=O)Nc1ccc(O[C@@H]2SC[C@@H](O)[C@H](O)[C@H]2O)cn1. The quantitative estimate of drug-likeness (QED) is 0.550. The Balaban J connectivity index is 2.00. The minimum absolute atomic E-state index is 0.150. The summed E-state index contributed by atoms with van der Waals surface area (Å²) in [7, 11) is -3.40. The zero-order chi connectivity index (χ0) is 15.6. The number of rotatable bonds is 4. The van der Waals surface area contributed by atoms with Gasteiger partial charge >= 0.3 is 0 Å². The number of aromatic nitrogens is 1. The number of pyridine rings is 1. The molecule has 1 aromatic heterocycles. The Kier molecular flexibility index (Phi) is 4.94. The molecule has 0 aromatic carbocycles. The van der Waals surface area contributed by atoms with Crippen LogP contribution in [0.2, 0.25) is 0 Å². The molecule has 1 aliphatic heterocycles. The molecule has 1 saturated heterocycles. The first-order chi connectivity index (χ1) is 9.76. The van der Waals surface area contributed by atoms with Crippen LogP contribution in [0.3, 0.4) is 0 Å². The first-order valence-electron chi connectivity index (χ1n) is 6.02. The van der Waals surface area contributed by atoms with Crippen LogP contribution in [0.4, 0.5) is 5.82 Å². The van der Waals surface area contributed by atoms with E-state index in [0.29, 0.717) is 5.75 Å². The molecule has 1 aliphatic rings. The number of nitrogens with zero attached hydrogens (tertiary/aromatic N) is 1. The minimum atomic E-state index is -3.40. The highest BCUT2D eigenvalue weighted by Crippen LogP contribution is 2.29. The summed E-state index contributed by atoms with van der Waals surface area (Å²) in [6.45, 7) is 0. The van der Waals surface area contributed by atoms with Crippen molar-refractivity contribution in [1.82, 2.24) is 4.98 Å². The zero-order valence-electron chi connectivity index (χ0n) is 11.1. The summed E-state index contributed by atoms with van der Waals surface area (Å²) >= 11 is 1.17. The fourth-order valence-corrected chi connectivity index (χ4v) is 3.34. The molecule has 1 aromatic rings. The molecule has 2 heterocycles. The van der Waals surface area contributed by atoms with Crippen LogP contribution in [0, 0.1) is 0 Å². The predicted octanol–water partition coefficient (Wildman–Crippen LogP) is -1.01. The second-order valence-electron chi connectivity index (χ2n) is 4.62.